The molecule has 0 fully saturated rings. The standard InChI is InChI=1S/C16H20N2O4/c1-10-13(11(2)22-18-10)8-16(19)17-9-12-5-6-14(20-3)15(7-12)21-4/h5-7H,8-9H2,1-4H3,(H,17,19). The largest absolute Gasteiger partial charge is 0.493 e. The molecule has 0 aliphatic carbocycles. The van der Waals surface area contributed by atoms with Crippen LogP contribution in [0, 0.1) is 13.8 Å². The lowest BCUT2D eigenvalue weighted by atomic mass is 10.1. The van der Waals surface area contributed by atoms with Crippen LogP contribution < -0.4 is 14.8 Å². The van der Waals surface area contributed by atoms with E-state index in [4.69, 9.17) is 14.0 Å². The molecule has 118 valence electrons. The van der Waals surface area contributed by atoms with Crippen molar-refractivity contribution in [2.45, 2.75) is 26.8 Å². The lowest BCUT2D eigenvalue weighted by Gasteiger charge is -2.10. The number of hydrogen-bond donors (Lipinski definition) is 1. The van der Waals surface area contributed by atoms with E-state index < -0.39 is 0 Å². The summed E-state index contributed by atoms with van der Waals surface area (Å²) >= 11 is 0. The van der Waals surface area contributed by atoms with Crippen LogP contribution in [0.5, 0.6) is 11.5 Å². The average Bonchev–Trinajstić information content (AvgIpc) is 2.84. The smallest absolute Gasteiger partial charge is 0.224 e. The second-order valence-electron chi connectivity index (χ2n) is 4.95. The minimum Gasteiger partial charge on any atom is -0.493 e. The molecule has 2 aromatic rings. The molecule has 0 unspecified atom stereocenters. The van der Waals surface area contributed by atoms with Crippen molar-refractivity contribution in [2.24, 2.45) is 0 Å². The van der Waals surface area contributed by atoms with Gasteiger partial charge in [-0.05, 0) is 31.5 Å². The number of hydrogen-bond acceptors (Lipinski definition) is 5. The summed E-state index contributed by atoms with van der Waals surface area (Å²) < 4.78 is 15.5. The van der Waals surface area contributed by atoms with Crippen LogP contribution >= 0.6 is 0 Å². The van der Waals surface area contributed by atoms with Crippen molar-refractivity contribution >= 4 is 5.91 Å². The number of benzene rings is 1. The van der Waals surface area contributed by atoms with E-state index in [9.17, 15) is 4.79 Å². The number of rotatable bonds is 6. The van der Waals surface area contributed by atoms with E-state index in [1.165, 1.54) is 0 Å². The van der Waals surface area contributed by atoms with Gasteiger partial charge in [0.15, 0.2) is 11.5 Å². The summed E-state index contributed by atoms with van der Waals surface area (Å²) in [6.07, 6.45) is 0.258. The van der Waals surface area contributed by atoms with Crippen molar-refractivity contribution in [3.8, 4) is 11.5 Å². The van der Waals surface area contributed by atoms with Gasteiger partial charge in [-0.3, -0.25) is 4.79 Å². The van der Waals surface area contributed by atoms with Crippen LogP contribution in [0.4, 0.5) is 0 Å². The Balaban J connectivity index is 1.96. The Kier molecular flexibility index (Phi) is 5.04. The Hall–Kier alpha value is -2.50. The van der Waals surface area contributed by atoms with Crippen LogP contribution in [-0.4, -0.2) is 25.3 Å². The van der Waals surface area contributed by atoms with Gasteiger partial charge in [0, 0.05) is 12.1 Å². The first kappa shape index (κ1) is 15.9. The Morgan fingerprint density at radius 2 is 1.95 bits per heavy atom. The van der Waals surface area contributed by atoms with Gasteiger partial charge in [-0.1, -0.05) is 11.2 Å². The second-order valence-corrected chi connectivity index (χ2v) is 4.95. The molecule has 0 bridgehead atoms. The molecule has 0 aliphatic rings. The molecule has 1 aromatic carbocycles. The first-order chi connectivity index (χ1) is 10.5. The predicted octanol–water partition coefficient (Wildman–Crippen LogP) is 2.17. The van der Waals surface area contributed by atoms with Gasteiger partial charge in [0.05, 0.1) is 26.3 Å². The molecule has 1 amide bonds. The molecule has 0 saturated carbocycles. The van der Waals surface area contributed by atoms with Gasteiger partial charge in [-0.15, -0.1) is 0 Å². The molecule has 1 aromatic heterocycles. The first-order valence-corrected chi connectivity index (χ1v) is 6.94. The number of nitrogens with one attached hydrogen (secondary N) is 1. The quantitative estimate of drug-likeness (QED) is 0.885. The summed E-state index contributed by atoms with van der Waals surface area (Å²) in [5, 5.41) is 6.72. The van der Waals surface area contributed by atoms with Gasteiger partial charge >= 0.3 is 0 Å². The van der Waals surface area contributed by atoms with Gasteiger partial charge in [-0.25, -0.2) is 0 Å². The lowest BCUT2D eigenvalue weighted by Crippen LogP contribution is -2.25. The zero-order chi connectivity index (χ0) is 16.1. The number of methoxy groups -OCH3 is 2. The fourth-order valence-corrected chi connectivity index (χ4v) is 2.17. The van der Waals surface area contributed by atoms with Crippen LogP contribution in [0.25, 0.3) is 0 Å². The van der Waals surface area contributed by atoms with E-state index in [0.717, 1.165) is 16.8 Å². The van der Waals surface area contributed by atoms with E-state index in [1.807, 2.05) is 25.1 Å². The summed E-state index contributed by atoms with van der Waals surface area (Å²) in [5.74, 6) is 1.90. The minimum atomic E-state index is -0.0795. The van der Waals surface area contributed by atoms with Crippen LogP contribution in [0.15, 0.2) is 22.7 Å². The molecule has 0 radical (unpaired) electrons. The third kappa shape index (κ3) is 3.58. The summed E-state index contributed by atoms with van der Waals surface area (Å²) in [4.78, 5) is 12.0. The number of aryl methyl sites for hydroxylation is 2. The fraction of sp³-hybridized carbons (Fsp3) is 0.375. The molecule has 1 heterocycles. The number of amides is 1. The maximum Gasteiger partial charge on any atom is 0.224 e. The van der Waals surface area contributed by atoms with E-state index in [2.05, 4.69) is 10.5 Å². The summed E-state index contributed by atoms with van der Waals surface area (Å²) in [6.45, 7) is 4.05. The molecule has 0 spiro atoms. The summed E-state index contributed by atoms with van der Waals surface area (Å²) in [5.41, 5.74) is 2.52. The molecular weight excluding hydrogens is 284 g/mol. The Bertz CT molecular complexity index is 645. The number of carbonyl (C=O) groups excluding carboxylic acids is 1. The highest BCUT2D eigenvalue weighted by Gasteiger charge is 2.13. The molecule has 0 aliphatic heterocycles. The number of carbonyl (C=O) groups is 1. The van der Waals surface area contributed by atoms with Crippen LogP contribution in [0.3, 0.4) is 0 Å². The highest BCUT2D eigenvalue weighted by Crippen LogP contribution is 2.27. The normalized spacial score (nSPS) is 10.4. The Labute approximate surface area is 129 Å². The predicted molar refractivity (Wildman–Crippen MR) is 81.1 cm³/mol. The van der Waals surface area contributed by atoms with Crippen molar-refractivity contribution in [1.29, 1.82) is 0 Å². The van der Waals surface area contributed by atoms with Gasteiger partial charge in [-0.2, -0.15) is 0 Å². The van der Waals surface area contributed by atoms with Crippen molar-refractivity contribution in [1.82, 2.24) is 10.5 Å². The molecule has 22 heavy (non-hydrogen) atoms. The van der Waals surface area contributed by atoms with E-state index in [-0.39, 0.29) is 12.3 Å². The van der Waals surface area contributed by atoms with Crippen molar-refractivity contribution in [3.05, 3.63) is 40.8 Å². The Morgan fingerprint density at radius 3 is 2.55 bits per heavy atom. The van der Waals surface area contributed by atoms with Gasteiger partial charge < -0.3 is 19.3 Å². The van der Waals surface area contributed by atoms with Crippen LogP contribution in [0.2, 0.25) is 0 Å². The second kappa shape index (κ2) is 6.98. The lowest BCUT2D eigenvalue weighted by molar-refractivity contribution is -0.120. The maximum atomic E-state index is 12.0. The fourth-order valence-electron chi connectivity index (χ4n) is 2.17. The molecular formula is C16H20N2O4. The molecule has 6 heteroatoms. The monoisotopic (exact) mass is 304 g/mol. The number of aromatic nitrogens is 1. The zero-order valence-electron chi connectivity index (χ0n) is 13.2. The van der Waals surface area contributed by atoms with Gasteiger partial charge in [0.2, 0.25) is 5.91 Å². The average molecular weight is 304 g/mol. The molecule has 2 rings (SSSR count). The molecule has 0 atom stereocenters. The van der Waals surface area contributed by atoms with E-state index in [1.54, 1.807) is 21.1 Å². The number of ether oxygens (including phenoxy) is 2. The van der Waals surface area contributed by atoms with Crippen molar-refractivity contribution in [2.75, 3.05) is 14.2 Å². The third-order valence-electron chi connectivity index (χ3n) is 3.46. The van der Waals surface area contributed by atoms with Crippen LogP contribution in [0.1, 0.15) is 22.6 Å². The summed E-state index contributed by atoms with van der Waals surface area (Å²) in [6, 6.07) is 5.54. The SMILES string of the molecule is COc1ccc(CNC(=O)Cc2c(C)noc2C)cc1OC. The zero-order valence-corrected chi connectivity index (χ0v) is 13.2. The van der Waals surface area contributed by atoms with Crippen molar-refractivity contribution < 1.29 is 18.8 Å². The van der Waals surface area contributed by atoms with Crippen molar-refractivity contribution in [3.63, 3.8) is 0 Å². The Morgan fingerprint density at radius 1 is 1.23 bits per heavy atom. The topological polar surface area (TPSA) is 73.6 Å². The highest BCUT2D eigenvalue weighted by molar-refractivity contribution is 5.79. The van der Waals surface area contributed by atoms with E-state index >= 15 is 0 Å². The molecule has 6 nitrogen and oxygen atoms in total. The van der Waals surface area contributed by atoms with Crippen LogP contribution in [-0.2, 0) is 17.8 Å². The number of nitrogens with zero attached hydrogens (tertiary/aromatic N) is 1. The minimum absolute atomic E-state index is 0.0795. The third-order valence-corrected chi connectivity index (χ3v) is 3.46. The van der Waals surface area contributed by atoms with E-state index in [0.29, 0.717) is 23.8 Å². The van der Waals surface area contributed by atoms with Gasteiger partial charge in [0.25, 0.3) is 0 Å². The first-order valence-electron chi connectivity index (χ1n) is 6.94. The maximum absolute atomic E-state index is 12.0. The highest BCUT2D eigenvalue weighted by atomic mass is 16.5. The molecule has 0 saturated heterocycles. The molecule has 1 N–H and O–H groups in total. The summed E-state index contributed by atoms with van der Waals surface area (Å²) in [7, 11) is 3.17. The van der Waals surface area contributed by atoms with Gasteiger partial charge in [0.1, 0.15) is 5.76 Å².